The van der Waals surface area contributed by atoms with Crippen LogP contribution in [-0.4, -0.2) is 29.2 Å². The van der Waals surface area contributed by atoms with E-state index in [1.165, 1.54) is 11.8 Å². The third kappa shape index (κ3) is 2.65. The molecule has 1 aromatic carbocycles. The van der Waals surface area contributed by atoms with Gasteiger partial charge in [-0.3, -0.25) is 9.59 Å². The Kier molecular flexibility index (Phi) is 3.88. The van der Waals surface area contributed by atoms with E-state index in [-0.39, 0.29) is 25.5 Å². The number of carbonyl (C=O) groups excluding carboxylic acids is 2. The van der Waals surface area contributed by atoms with Crippen molar-refractivity contribution in [3.8, 4) is 0 Å². The first-order valence-electron chi connectivity index (χ1n) is 5.57. The van der Waals surface area contributed by atoms with Gasteiger partial charge < -0.3 is 15.7 Å². The number of benzene rings is 1. The van der Waals surface area contributed by atoms with Crippen LogP contribution < -0.4 is 10.6 Å². The summed E-state index contributed by atoms with van der Waals surface area (Å²) in [5, 5.41) is 9.13. The second-order valence-electron chi connectivity index (χ2n) is 4.01. The molecule has 1 heterocycles. The lowest BCUT2D eigenvalue weighted by molar-refractivity contribution is -0.118. The number of nitrogens with two attached hydrogens (primary N) is 1. The number of amides is 2. The average Bonchev–Trinajstić information content (AvgIpc) is 2.36. The summed E-state index contributed by atoms with van der Waals surface area (Å²) in [6.07, 6.45) is 0.138. The van der Waals surface area contributed by atoms with E-state index < -0.39 is 5.91 Å². The standard InChI is InChI=1S/C12H14N2O3S/c13-11(16)3-4-14-9-5-8(6-15)1-2-10(9)18-7-12(14)17/h1-2,5,15H,3-4,6-7H2,(H2,13,16). The zero-order valence-electron chi connectivity index (χ0n) is 9.76. The predicted octanol–water partition coefficient (Wildman–Crippen LogP) is 0.493. The van der Waals surface area contributed by atoms with Gasteiger partial charge in [0.2, 0.25) is 11.8 Å². The summed E-state index contributed by atoms with van der Waals surface area (Å²) in [7, 11) is 0. The molecule has 1 aliphatic rings. The van der Waals surface area contributed by atoms with Gasteiger partial charge in [0, 0.05) is 17.9 Å². The molecule has 0 aliphatic carbocycles. The minimum atomic E-state index is -0.430. The van der Waals surface area contributed by atoms with Crippen LogP contribution in [0.25, 0.3) is 0 Å². The highest BCUT2D eigenvalue weighted by Gasteiger charge is 2.24. The second kappa shape index (κ2) is 5.41. The van der Waals surface area contributed by atoms with E-state index in [0.717, 1.165) is 16.1 Å². The maximum atomic E-state index is 11.9. The number of carbonyl (C=O) groups is 2. The normalized spacial score (nSPS) is 14.5. The van der Waals surface area contributed by atoms with Crippen LogP contribution in [0.5, 0.6) is 0 Å². The van der Waals surface area contributed by atoms with Crippen LogP contribution in [0.4, 0.5) is 5.69 Å². The Morgan fingerprint density at radius 3 is 2.94 bits per heavy atom. The number of hydrogen-bond acceptors (Lipinski definition) is 4. The van der Waals surface area contributed by atoms with Crippen molar-refractivity contribution in [2.45, 2.75) is 17.9 Å². The van der Waals surface area contributed by atoms with Crippen molar-refractivity contribution >= 4 is 29.3 Å². The zero-order chi connectivity index (χ0) is 13.1. The van der Waals surface area contributed by atoms with E-state index in [2.05, 4.69) is 0 Å². The number of anilines is 1. The zero-order valence-corrected chi connectivity index (χ0v) is 10.6. The van der Waals surface area contributed by atoms with E-state index in [9.17, 15) is 9.59 Å². The number of thioether (sulfide) groups is 1. The van der Waals surface area contributed by atoms with Crippen LogP contribution in [0, 0.1) is 0 Å². The Bertz CT molecular complexity index is 490. The van der Waals surface area contributed by atoms with Gasteiger partial charge in [-0.2, -0.15) is 0 Å². The first-order valence-corrected chi connectivity index (χ1v) is 6.55. The molecule has 3 N–H and O–H groups in total. The summed E-state index contributed by atoms with van der Waals surface area (Å²) in [5.74, 6) is -0.103. The smallest absolute Gasteiger partial charge is 0.237 e. The molecule has 0 saturated heterocycles. The maximum absolute atomic E-state index is 11.9. The third-order valence-electron chi connectivity index (χ3n) is 2.73. The van der Waals surface area contributed by atoms with E-state index in [0.29, 0.717) is 5.75 Å². The maximum Gasteiger partial charge on any atom is 0.237 e. The van der Waals surface area contributed by atoms with Gasteiger partial charge in [-0.25, -0.2) is 0 Å². The Morgan fingerprint density at radius 2 is 2.28 bits per heavy atom. The molecular formula is C12H14N2O3S. The molecule has 0 radical (unpaired) electrons. The van der Waals surface area contributed by atoms with Crippen LogP contribution in [0.3, 0.4) is 0 Å². The number of hydrogen-bond donors (Lipinski definition) is 2. The summed E-state index contributed by atoms with van der Waals surface area (Å²) in [6, 6.07) is 5.49. The van der Waals surface area contributed by atoms with Crippen molar-refractivity contribution in [2.24, 2.45) is 5.73 Å². The van der Waals surface area contributed by atoms with Crippen LogP contribution >= 0.6 is 11.8 Å². The number of rotatable bonds is 4. The van der Waals surface area contributed by atoms with Crippen LogP contribution in [-0.2, 0) is 16.2 Å². The van der Waals surface area contributed by atoms with E-state index in [1.54, 1.807) is 11.0 Å². The predicted molar refractivity (Wildman–Crippen MR) is 69.3 cm³/mol. The molecule has 0 unspecified atom stereocenters. The SMILES string of the molecule is NC(=O)CCN1C(=O)CSc2ccc(CO)cc21. The molecule has 96 valence electrons. The minimum absolute atomic E-state index is 0.0381. The molecule has 0 spiro atoms. The molecule has 1 aliphatic heterocycles. The molecule has 0 aromatic heterocycles. The van der Waals surface area contributed by atoms with Gasteiger partial charge in [0.1, 0.15) is 0 Å². The molecule has 5 nitrogen and oxygen atoms in total. The van der Waals surface area contributed by atoms with Crippen molar-refractivity contribution in [3.05, 3.63) is 23.8 Å². The van der Waals surface area contributed by atoms with Gasteiger partial charge in [0.25, 0.3) is 0 Å². The number of aliphatic hydroxyl groups is 1. The van der Waals surface area contributed by atoms with Crippen molar-refractivity contribution < 1.29 is 14.7 Å². The highest BCUT2D eigenvalue weighted by molar-refractivity contribution is 8.00. The molecule has 1 aromatic rings. The third-order valence-corrected chi connectivity index (χ3v) is 3.78. The number of fused-ring (bicyclic) bond motifs is 1. The summed E-state index contributed by atoms with van der Waals surface area (Å²) in [4.78, 5) is 25.2. The van der Waals surface area contributed by atoms with Crippen molar-refractivity contribution in [1.29, 1.82) is 0 Å². The fourth-order valence-corrected chi connectivity index (χ4v) is 2.73. The molecule has 6 heteroatoms. The Labute approximate surface area is 109 Å². The summed E-state index contributed by atoms with van der Waals surface area (Å²) < 4.78 is 0. The average molecular weight is 266 g/mol. The molecule has 0 fully saturated rings. The van der Waals surface area contributed by atoms with Crippen molar-refractivity contribution in [3.63, 3.8) is 0 Å². The summed E-state index contributed by atoms with van der Waals surface area (Å²) >= 11 is 1.46. The lowest BCUT2D eigenvalue weighted by Gasteiger charge is -2.29. The highest BCUT2D eigenvalue weighted by atomic mass is 32.2. The van der Waals surface area contributed by atoms with E-state index in [4.69, 9.17) is 10.8 Å². The molecule has 0 bridgehead atoms. The second-order valence-corrected chi connectivity index (χ2v) is 5.03. The molecule has 2 amide bonds. The lowest BCUT2D eigenvalue weighted by atomic mass is 10.2. The largest absolute Gasteiger partial charge is 0.392 e. The van der Waals surface area contributed by atoms with Crippen LogP contribution in [0.15, 0.2) is 23.1 Å². The highest BCUT2D eigenvalue weighted by Crippen LogP contribution is 2.36. The topological polar surface area (TPSA) is 83.6 Å². The Balaban J connectivity index is 2.29. The summed E-state index contributed by atoms with van der Waals surface area (Å²) in [6.45, 7) is 0.215. The van der Waals surface area contributed by atoms with Crippen molar-refractivity contribution in [2.75, 3.05) is 17.2 Å². The van der Waals surface area contributed by atoms with E-state index >= 15 is 0 Å². The molecule has 18 heavy (non-hydrogen) atoms. The first kappa shape index (κ1) is 12.9. The summed E-state index contributed by atoms with van der Waals surface area (Å²) in [5.41, 5.74) is 6.61. The van der Waals surface area contributed by atoms with Crippen molar-refractivity contribution in [1.82, 2.24) is 0 Å². The van der Waals surface area contributed by atoms with E-state index in [1.807, 2.05) is 12.1 Å². The number of aliphatic hydroxyl groups excluding tert-OH is 1. The number of primary amides is 1. The minimum Gasteiger partial charge on any atom is -0.392 e. The Morgan fingerprint density at radius 1 is 1.50 bits per heavy atom. The van der Waals surface area contributed by atoms with Gasteiger partial charge in [-0.1, -0.05) is 6.07 Å². The Hall–Kier alpha value is -1.53. The van der Waals surface area contributed by atoms with Gasteiger partial charge in [0.05, 0.1) is 18.0 Å². The number of nitrogens with zero attached hydrogens (tertiary/aromatic N) is 1. The first-order chi connectivity index (χ1) is 8.61. The lowest BCUT2D eigenvalue weighted by Crippen LogP contribution is -2.37. The molecule has 2 rings (SSSR count). The van der Waals surface area contributed by atoms with Gasteiger partial charge in [-0.15, -0.1) is 11.8 Å². The van der Waals surface area contributed by atoms with Gasteiger partial charge in [-0.05, 0) is 17.7 Å². The molecule has 0 atom stereocenters. The van der Waals surface area contributed by atoms with Crippen LogP contribution in [0.1, 0.15) is 12.0 Å². The molecular weight excluding hydrogens is 252 g/mol. The fraction of sp³-hybridized carbons (Fsp3) is 0.333. The van der Waals surface area contributed by atoms with Gasteiger partial charge >= 0.3 is 0 Å². The van der Waals surface area contributed by atoms with Gasteiger partial charge in [0.15, 0.2) is 0 Å². The van der Waals surface area contributed by atoms with Crippen LogP contribution in [0.2, 0.25) is 0 Å². The fourth-order valence-electron chi connectivity index (χ4n) is 1.81. The quantitative estimate of drug-likeness (QED) is 0.831. The molecule has 0 saturated carbocycles. The monoisotopic (exact) mass is 266 g/mol.